The normalized spacial score (nSPS) is 10.5. The molecule has 0 aliphatic heterocycles. The fourth-order valence-corrected chi connectivity index (χ4v) is 1.49. The molecule has 0 aliphatic rings. The molecule has 0 spiro atoms. The van der Waals surface area contributed by atoms with Crippen molar-refractivity contribution < 1.29 is 9.26 Å². The number of hydrogen-bond acceptors (Lipinski definition) is 7. The summed E-state index contributed by atoms with van der Waals surface area (Å²) in [5.41, 5.74) is 1.32. The minimum absolute atomic E-state index is 0.343. The summed E-state index contributed by atoms with van der Waals surface area (Å²) in [4.78, 5) is 11.8. The topological polar surface area (TPSA) is 91.8 Å². The smallest absolute Gasteiger partial charge is 0.264 e. The minimum Gasteiger partial charge on any atom is -0.479 e. The van der Waals surface area contributed by atoms with E-state index in [1.54, 1.807) is 23.3 Å². The van der Waals surface area contributed by atoms with Gasteiger partial charge in [-0.3, -0.25) is 0 Å². The van der Waals surface area contributed by atoms with E-state index in [1.807, 2.05) is 0 Å². The molecule has 0 saturated heterocycles. The van der Waals surface area contributed by atoms with E-state index in [9.17, 15) is 0 Å². The lowest BCUT2D eigenvalue weighted by atomic mass is 10.3. The maximum atomic E-state index is 5.17. The van der Waals surface area contributed by atoms with Gasteiger partial charge in [-0.15, -0.1) is 5.10 Å². The van der Waals surface area contributed by atoms with Crippen molar-refractivity contribution in [1.29, 1.82) is 0 Å². The quantitative estimate of drug-likeness (QED) is 0.670. The number of aromatic nitrogens is 6. The van der Waals surface area contributed by atoms with Crippen LogP contribution >= 0.6 is 0 Å². The maximum Gasteiger partial charge on any atom is 0.264 e. The van der Waals surface area contributed by atoms with Gasteiger partial charge in [0, 0.05) is 6.20 Å². The summed E-state index contributed by atoms with van der Waals surface area (Å²) in [5, 5.41) is 7.79. The second-order valence-corrected chi connectivity index (χ2v) is 3.34. The SMILES string of the molecule is COc1nn(-c2cncnc2)cc1-c1ncno1. The first-order valence-electron chi connectivity index (χ1n) is 5.04. The van der Waals surface area contributed by atoms with E-state index in [0.717, 1.165) is 0 Å². The third kappa shape index (κ3) is 1.69. The van der Waals surface area contributed by atoms with Gasteiger partial charge in [0.15, 0.2) is 6.33 Å². The molecule has 0 N–H and O–H groups in total. The molecule has 90 valence electrons. The Morgan fingerprint density at radius 2 is 2.06 bits per heavy atom. The highest BCUT2D eigenvalue weighted by Gasteiger charge is 2.16. The predicted molar refractivity (Wildman–Crippen MR) is 59.0 cm³/mol. The molecular formula is C10H8N6O2. The van der Waals surface area contributed by atoms with Gasteiger partial charge in [-0.25, -0.2) is 14.6 Å². The van der Waals surface area contributed by atoms with Gasteiger partial charge in [-0.2, -0.15) is 4.98 Å². The number of rotatable bonds is 3. The number of methoxy groups -OCH3 is 1. The molecule has 8 heteroatoms. The average Bonchev–Trinajstić information content (AvgIpc) is 3.08. The van der Waals surface area contributed by atoms with Crippen LogP contribution in [0.1, 0.15) is 0 Å². The summed E-state index contributed by atoms with van der Waals surface area (Å²) in [7, 11) is 1.52. The molecule has 3 aromatic heterocycles. The maximum absolute atomic E-state index is 5.17. The zero-order valence-corrected chi connectivity index (χ0v) is 9.39. The number of hydrogen-bond donors (Lipinski definition) is 0. The summed E-state index contributed by atoms with van der Waals surface area (Å²) < 4.78 is 11.7. The molecule has 3 aromatic rings. The molecule has 0 radical (unpaired) electrons. The number of ether oxygens (including phenoxy) is 1. The zero-order valence-electron chi connectivity index (χ0n) is 9.39. The monoisotopic (exact) mass is 244 g/mol. The van der Waals surface area contributed by atoms with E-state index in [1.165, 1.54) is 19.8 Å². The Balaban J connectivity index is 2.09. The van der Waals surface area contributed by atoms with E-state index in [0.29, 0.717) is 23.0 Å². The minimum atomic E-state index is 0.343. The van der Waals surface area contributed by atoms with Crippen LogP contribution in [0, 0.1) is 0 Å². The zero-order chi connectivity index (χ0) is 12.4. The van der Waals surface area contributed by atoms with Gasteiger partial charge in [0.25, 0.3) is 5.89 Å². The number of nitrogens with zero attached hydrogens (tertiary/aromatic N) is 6. The van der Waals surface area contributed by atoms with E-state index >= 15 is 0 Å². The van der Waals surface area contributed by atoms with Crippen molar-refractivity contribution in [2.45, 2.75) is 0 Å². The lowest BCUT2D eigenvalue weighted by Crippen LogP contribution is -1.96. The molecule has 0 aliphatic carbocycles. The molecule has 0 aromatic carbocycles. The van der Waals surface area contributed by atoms with Crippen molar-refractivity contribution in [3.63, 3.8) is 0 Å². The molecule has 0 unspecified atom stereocenters. The van der Waals surface area contributed by atoms with E-state index in [4.69, 9.17) is 9.26 Å². The second-order valence-electron chi connectivity index (χ2n) is 3.34. The molecule has 18 heavy (non-hydrogen) atoms. The van der Waals surface area contributed by atoms with Gasteiger partial charge in [-0.1, -0.05) is 5.16 Å². The van der Waals surface area contributed by atoms with Crippen LogP contribution in [-0.4, -0.2) is 37.0 Å². The summed E-state index contributed by atoms with van der Waals surface area (Å²) in [6.07, 6.45) is 7.75. The lowest BCUT2D eigenvalue weighted by Gasteiger charge is -1.97. The van der Waals surface area contributed by atoms with Crippen LogP contribution in [-0.2, 0) is 0 Å². The highest BCUT2D eigenvalue weighted by molar-refractivity contribution is 5.59. The highest BCUT2D eigenvalue weighted by Crippen LogP contribution is 2.27. The van der Waals surface area contributed by atoms with Crippen LogP contribution in [0.5, 0.6) is 5.88 Å². The van der Waals surface area contributed by atoms with Crippen molar-refractivity contribution in [3.05, 3.63) is 31.2 Å². The lowest BCUT2D eigenvalue weighted by molar-refractivity contribution is 0.389. The Kier molecular flexibility index (Phi) is 2.45. The molecule has 8 nitrogen and oxygen atoms in total. The van der Waals surface area contributed by atoms with Gasteiger partial charge in [-0.05, 0) is 0 Å². The van der Waals surface area contributed by atoms with E-state index in [-0.39, 0.29) is 0 Å². The van der Waals surface area contributed by atoms with Gasteiger partial charge < -0.3 is 9.26 Å². The summed E-state index contributed by atoms with van der Waals surface area (Å²) >= 11 is 0. The van der Waals surface area contributed by atoms with Gasteiger partial charge in [0.2, 0.25) is 5.88 Å². The van der Waals surface area contributed by atoms with Crippen LogP contribution < -0.4 is 4.74 Å². The predicted octanol–water partition coefficient (Wildman–Crippen LogP) is 0.721. The summed E-state index contributed by atoms with van der Waals surface area (Å²) in [6.45, 7) is 0. The van der Waals surface area contributed by atoms with Crippen LogP contribution in [0.3, 0.4) is 0 Å². The summed E-state index contributed by atoms with van der Waals surface area (Å²) in [6, 6.07) is 0. The second kappa shape index (κ2) is 4.24. The molecule has 3 heterocycles. The van der Waals surface area contributed by atoms with Crippen LogP contribution in [0.15, 0.2) is 35.8 Å². The van der Waals surface area contributed by atoms with Crippen molar-refractivity contribution >= 4 is 0 Å². The molecule has 0 bridgehead atoms. The molecule has 0 amide bonds. The molecular weight excluding hydrogens is 236 g/mol. The molecule has 0 atom stereocenters. The fraction of sp³-hybridized carbons (Fsp3) is 0.100. The van der Waals surface area contributed by atoms with Crippen molar-refractivity contribution in [2.24, 2.45) is 0 Å². The first kappa shape index (κ1) is 10.4. The standard InChI is InChI=1S/C10H8N6O2/c1-17-10-8(9-13-6-14-18-9)4-16(15-10)7-2-11-5-12-3-7/h2-6H,1H3. The Labute approximate surface area is 101 Å². The largest absolute Gasteiger partial charge is 0.479 e. The Bertz CT molecular complexity index is 634. The highest BCUT2D eigenvalue weighted by atomic mass is 16.5. The Hall–Kier alpha value is -2.77. The van der Waals surface area contributed by atoms with E-state index < -0.39 is 0 Å². The first-order valence-corrected chi connectivity index (χ1v) is 5.04. The summed E-state index contributed by atoms with van der Waals surface area (Å²) in [5.74, 6) is 0.734. The van der Waals surface area contributed by atoms with Gasteiger partial charge in [0.05, 0.1) is 19.5 Å². The van der Waals surface area contributed by atoms with Gasteiger partial charge in [0.1, 0.15) is 17.6 Å². The Morgan fingerprint density at radius 3 is 2.72 bits per heavy atom. The van der Waals surface area contributed by atoms with Crippen molar-refractivity contribution in [1.82, 2.24) is 29.9 Å². The third-order valence-corrected chi connectivity index (χ3v) is 2.28. The fourth-order valence-electron chi connectivity index (χ4n) is 1.49. The Morgan fingerprint density at radius 1 is 1.22 bits per heavy atom. The van der Waals surface area contributed by atoms with Crippen LogP contribution in [0.4, 0.5) is 0 Å². The van der Waals surface area contributed by atoms with Crippen molar-refractivity contribution in [3.8, 4) is 23.0 Å². The molecule has 3 rings (SSSR count). The third-order valence-electron chi connectivity index (χ3n) is 2.28. The van der Waals surface area contributed by atoms with Crippen molar-refractivity contribution in [2.75, 3.05) is 7.11 Å². The van der Waals surface area contributed by atoms with Crippen LogP contribution in [0.25, 0.3) is 17.1 Å². The van der Waals surface area contributed by atoms with Crippen LogP contribution in [0.2, 0.25) is 0 Å². The average molecular weight is 244 g/mol. The molecule has 0 fully saturated rings. The first-order chi connectivity index (χ1) is 8.88. The molecule has 0 saturated carbocycles. The van der Waals surface area contributed by atoms with Gasteiger partial charge >= 0.3 is 0 Å². The van der Waals surface area contributed by atoms with E-state index in [2.05, 4.69) is 25.2 Å².